The van der Waals surface area contributed by atoms with E-state index in [9.17, 15) is 8.42 Å². The Morgan fingerprint density at radius 1 is 1.31 bits per heavy atom. The molecule has 1 aliphatic rings. The lowest BCUT2D eigenvalue weighted by Gasteiger charge is -2.31. The van der Waals surface area contributed by atoms with Crippen LogP contribution in [0.5, 0.6) is 5.75 Å². The molecule has 1 N–H and O–H groups in total. The molecule has 26 heavy (non-hydrogen) atoms. The second kappa shape index (κ2) is 8.81. The molecule has 10 heteroatoms. The summed E-state index contributed by atoms with van der Waals surface area (Å²) < 4.78 is 34.4. The van der Waals surface area contributed by atoms with Gasteiger partial charge in [0.1, 0.15) is 18.7 Å². The number of hydrogen-bond donors (Lipinski definition) is 1. The molecule has 2 heterocycles. The molecular formula is C16H24ClN5O3S. The van der Waals surface area contributed by atoms with Crippen LogP contribution in [0.15, 0.2) is 35.5 Å². The van der Waals surface area contributed by atoms with Gasteiger partial charge in [0.2, 0.25) is 10.0 Å². The second-order valence-corrected chi connectivity index (χ2v) is 7.99. The highest BCUT2D eigenvalue weighted by atomic mass is 35.5. The number of benzene rings is 1. The smallest absolute Gasteiger partial charge is 0.243 e. The highest BCUT2D eigenvalue weighted by Gasteiger charge is 2.29. The molecule has 0 bridgehead atoms. The van der Waals surface area contributed by atoms with Crippen LogP contribution in [-0.2, 0) is 23.7 Å². The lowest BCUT2D eigenvalue weighted by atomic mass is 10.1. The van der Waals surface area contributed by atoms with E-state index in [1.807, 2.05) is 7.05 Å². The molecule has 0 spiro atoms. The minimum atomic E-state index is -3.48. The molecule has 0 radical (unpaired) electrons. The fourth-order valence-electron chi connectivity index (χ4n) is 2.85. The summed E-state index contributed by atoms with van der Waals surface area (Å²) in [6.07, 6.45) is 3.33. The second-order valence-electron chi connectivity index (χ2n) is 6.05. The van der Waals surface area contributed by atoms with E-state index in [-0.39, 0.29) is 30.0 Å². The number of sulfonamides is 1. The van der Waals surface area contributed by atoms with Gasteiger partial charge in [-0.05, 0) is 44.2 Å². The molecule has 1 unspecified atom stereocenters. The summed E-state index contributed by atoms with van der Waals surface area (Å²) >= 11 is 0. The first-order valence-electron chi connectivity index (χ1n) is 8.24. The van der Waals surface area contributed by atoms with E-state index in [1.54, 1.807) is 40.3 Å². The summed E-state index contributed by atoms with van der Waals surface area (Å²) in [7, 11) is 0.180. The molecule has 1 fully saturated rings. The quantitative estimate of drug-likeness (QED) is 0.782. The van der Waals surface area contributed by atoms with Gasteiger partial charge in [-0.3, -0.25) is 4.68 Å². The van der Waals surface area contributed by atoms with E-state index in [0.29, 0.717) is 24.7 Å². The van der Waals surface area contributed by atoms with Crippen molar-refractivity contribution in [2.75, 3.05) is 20.1 Å². The van der Waals surface area contributed by atoms with Crippen LogP contribution in [0.1, 0.15) is 18.7 Å². The first-order chi connectivity index (χ1) is 12.0. The molecule has 1 aromatic heterocycles. The Morgan fingerprint density at radius 2 is 2.04 bits per heavy atom. The van der Waals surface area contributed by atoms with Gasteiger partial charge in [-0.15, -0.1) is 12.4 Å². The van der Waals surface area contributed by atoms with E-state index < -0.39 is 10.0 Å². The molecule has 1 saturated heterocycles. The van der Waals surface area contributed by atoms with Crippen LogP contribution in [0.25, 0.3) is 0 Å². The highest BCUT2D eigenvalue weighted by Crippen LogP contribution is 2.23. The van der Waals surface area contributed by atoms with E-state index in [1.165, 1.54) is 6.33 Å². The van der Waals surface area contributed by atoms with Gasteiger partial charge >= 0.3 is 0 Å². The van der Waals surface area contributed by atoms with E-state index in [4.69, 9.17) is 4.74 Å². The number of nitrogens with one attached hydrogen (secondary N) is 1. The van der Waals surface area contributed by atoms with Crippen LogP contribution >= 0.6 is 12.4 Å². The first kappa shape index (κ1) is 20.6. The first-order valence-corrected chi connectivity index (χ1v) is 9.68. The third-order valence-corrected chi connectivity index (χ3v) is 6.31. The fourth-order valence-corrected chi connectivity index (χ4v) is 4.38. The van der Waals surface area contributed by atoms with Crippen molar-refractivity contribution in [3.63, 3.8) is 0 Å². The Morgan fingerprint density at radius 3 is 2.65 bits per heavy atom. The van der Waals surface area contributed by atoms with Gasteiger partial charge in [-0.1, -0.05) is 0 Å². The average molecular weight is 402 g/mol. The van der Waals surface area contributed by atoms with Crippen LogP contribution in [0.4, 0.5) is 0 Å². The Hall–Kier alpha value is -1.68. The monoisotopic (exact) mass is 401 g/mol. The largest absolute Gasteiger partial charge is 0.486 e. The van der Waals surface area contributed by atoms with Gasteiger partial charge in [0.25, 0.3) is 0 Å². The van der Waals surface area contributed by atoms with Crippen LogP contribution in [0, 0.1) is 0 Å². The van der Waals surface area contributed by atoms with Crippen LogP contribution in [0.3, 0.4) is 0 Å². The average Bonchev–Trinajstić information content (AvgIpc) is 3.05. The molecule has 1 aliphatic heterocycles. The van der Waals surface area contributed by atoms with Crippen molar-refractivity contribution in [1.29, 1.82) is 0 Å². The zero-order valence-electron chi connectivity index (χ0n) is 14.8. The summed E-state index contributed by atoms with van der Waals surface area (Å²) in [5.74, 6) is 1.29. The number of aryl methyl sites for hydroxylation is 1. The summed E-state index contributed by atoms with van der Waals surface area (Å²) in [6, 6.07) is 6.72. The van der Waals surface area contributed by atoms with Crippen molar-refractivity contribution >= 4 is 22.4 Å². The van der Waals surface area contributed by atoms with E-state index >= 15 is 0 Å². The topological polar surface area (TPSA) is 89.3 Å². The number of nitrogens with zero attached hydrogens (tertiary/aromatic N) is 4. The summed E-state index contributed by atoms with van der Waals surface area (Å²) in [4.78, 5) is 4.37. The Balaban J connectivity index is 0.00000243. The zero-order chi connectivity index (χ0) is 17.9. The predicted molar refractivity (Wildman–Crippen MR) is 99.9 cm³/mol. The van der Waals surface area contributed by atoms with Gasteiger partial charge in [-0.25, -0.2) is 13.4 Å². The summed E-state index contributed by atoms with van der Waals surface area (Å²) in [6.45, 7) is 1.34. The third-order valence-electron chi connectivity index (χ3n) is 4.43. The van der Waals surface area contributed by atoms with Crippen molar-refractivity contribution in [1.82, 2.24) is 24.4 Å². The molecule has 0 saturated carbocycles. The Labute approximate surface area is 160 Å². The molecule has 0 aliphatic carbocycles. The van der Waals surface area contributed by atoms with Crippen LogP contribution < -0.4 is 10.1 Å². The summed E-state index contributed by atoms with van der Waals surface area (Å²) in [5.41, 5.74) is 0. The van der Waals surface area contributed by atoms with E-state index in [2.05, 4.69) is 15.4 Å². The van der Waals surface area contributed by atoms with Crippen molar-refractivity contribution in [2.45, 2.75) is 30.4 Å². The van der Waals surface area contributed by atoms with Gasteiger partial charge in [-0.2, -0.15) is 9.40 Å². The third kappa shape index (κ3) is 4.53. The minimum absolute atomic E-state index is 0. The van der Waals surface area contributed by atoms with Crippen molar-refractivity contribution in [2.24, 2.45) is 7.05 Å². The Kier molecular flexibility index (Phi) is 6.99. The minimum Gasteiger partial charge on any atom is -0.486 e. The lowest BCUT2D eigenvalue weighted by Crippen LogP contribution is -2.46. The predicted octanol–water partition coefficient (Wildman–Crippen LogP) is 1.19. The van der Waals surface area contributed by atoms with Crippen molar-refractivity contribution < 1.29 is 13.2 Å². The van der Waals surface area contributed by atoms with Gasteiger partial charge in [0.05, 0.1) is 4.90 Å². The number of rotatable bonds is 6. The van der Waals surface area contributed by atoms with Gasteiger partial charge < -0.3 is 10.1 Å². The zero-order valence-corrected chi connectivity index (χ0v) is 16.5. The molecule has 1 atom stereocenters. The number of piperidine rings is 1. The molecule has 3 rings (SSSR count). The lowest BCUT2D eigenvalue weighted by molar-refractivity contribution is 0.288. The fraction of sp³-hybridized carbons (Fsp3) is 0.500. The molecule has 0 amide bonds. The van der Waals surface area contributed by atoms with Gasteiger partial charge in [0, 0.05) is 26.2 Å². The summed E-state index contributed by atoms with van der Waals surface area (Å²) in [5, 5.41) is 7.14. The molecule has 144 valence electrons. The number of likely N-dealkylation sites (N-methyl/N-ethyl adjacent to an activating group) is 1. The molecule has 1 aromatic carbocycles. The number of aromatic nitrogens is 3. The standard InChI is InChI=1S/C16H23N5O3S.ClH/c1-17-13-4-3-9-21(10-13)25(22,23)15-7-5-14(6-8-15)24-11-16-18-12-19-20(16)2;/h5-8,12-13,17H,3-4,9-11H2,1-2H3;1H. The Bertz CT molecular complexity index is 810. The van der Waals surface area contributed by atoms with Gasteiger partial charge in [0.15, 0.2) is 5.82 Å². The maximum atomic E-state index is 12.8. The number of hydrogen-bond acceptors (Lipinski definition) is 6. The molecule has 2 aromatic rings. The van der Waals surface area contributed by atoms with Crippen molar-refractivity contribution in [3.8, 4) is 5.75 Å². The van der Waals surface area contributed by atoms with E-state index in [0.717, 1.165) is 12.8 Å². The SMILES string of the molecule is CNC1CCCN(S(=O)(=O)c2ccc(OCc3ncnn3C)cc2)C1.Cl. The van der Waals surface area contributed by atoms with Crippen LogP contribution in [-0.4, -0.2) is 53.7 Å². The highest BCUT2D eigenvalue weighted by molar-refractivity contribution is 7.89. The molecular weight excluding hydrogens is 378 g/mol. The number of ether oxygens (including phenoxy) is 1. The maximum Gasteiger partial charge on any atom is 0.243 e. The van der Waals surface area contributed by atoms with Crippen LogP contribution in [0.2, 0.25) is 0 Å². The van der Waals surface area contributed by atoms with Crippen molar-refractivity contribution in [3.05, 3.63) is 36.4 Å². The maximum absolute atomic E-state index is 12.8. The number of halogens is 1. The molecule has 8 nitrogen and oxygen atoms in total. The normalized spacial score (nSPS) is 18.3.